The monoisotopic (exact) mass is 316 g/mol. The second-order valence-corrected chi connectivity index (χ2v) is 5.52. The Balaban J connectivity index is 2.57. The Bertz CT molecular complexity index is 782. The van der Waals surface area contributed by atoms with E-state index in [4.69, 9.17) is 11.6 Å². The zero-order chi connectivity index (χ0) is 15.1. The van der Waals surface area contributed by atoms with Crippen LogP contribution in [-0.2, 0) is 10.1 Å². The number of non-ortho nitro benzene ring substituents is 1. The highest BCUT2D eigenvalue weighted by Crippen LogP contribution is 2.27. The molecule has 0 atom stereocenters. The van der Waals surface area contributed by atoms with Crippen molar-refractivity contribution in [2.45, 2.75) is 11.8 Å². The third-order valence-electron chi connectivity index (χ3n) is 2.51. The number of hydrogen-bond acceptors (Lipinski definition) is 6. The molecule has 0 saturated carbocycles. The van der Waals surface area contributed by atoms with Gasteiger partial charge in [0.2, 0.25) is 0 Å². The van der Waals surface area contributed by atoms with Gasteiger partial charge in [-0.3, -0.25) is 10.1 Å². The molecule has 0 aliphatic heterocycles. The van der Waals surface area contributed by atoms with Crippen LogP contribution in [0.5, 0.6) is 0 Å². The molecule has 1 heterocycles. The number of aromatic nitrogens is 2. The van der Waals surface area contributed by atoms with E-state index in [1.165, 1.54) is 31.2 Å². The Morgan fingerprint density at radius 1 is 1.30 bits per heavy atom. The molecule has 2 rings (SSSR count). The highest BCUT2D eigenvalue weighted by Gasteiger charge is 2.20. The van der Waals surface area contributed by atoms with Gasteiger partial charge in [0, 0.05) is 12.1 Å². The molecule has 1 aromatic carbocycles. The van der Waals surface area contributed by atoms with Crippen LogP contribution in [0, 0.1) is 17.0 Å². The highest BCUT2D eigenvalue weighted by atomic mass is 35.5. The van der Waals surface area contributed by atoms with Crippen molar-refractivity contribution in [1.29, 1.82) is 0 Å². The van der Waals surface area contributed by atoms with Crippen LogP contribution in [0.15, 0.2) is 29.2 Å². The Hall–Kier alpha value is -1.97. The highest BCUT2D eigenvalue weighted by molar-refractivity contribution is 7.86. The van der Waals surface area contributed by atoms with E-state index in [0.717, 1.165) is 4.68 Å². The van der Waals surface area contributed by atoms with Crippen LogP contribution in [0.2, 0.25) is 5.15 Å². The number of benzene rings is 1. The van der Waals surface area contributed by atoms with Gasteiger partial charge in [-0.2, -0.15) is 5.10 Å². The number of rotatable bonds is 3. The van der Waals surface area contributed by atoms with E-state index in [2.05, 4.69) is 5.10 Å². The standard InChI is InChI=1S/C10H8ClN3O5S/c1-6-9(20(17,18)19)10(11)13(12-6)7-2-4-8(5-3-7)14(15)16/h2-5H,1H3,(H,17,18,19)/p-1. The fourth-order valence-electron chi connectivity index (χ4n) is 1.66. The third kappa shape index (κ3) is 2.50. The minimum absolute atomic E-state index is 0.0386. The average molecular weight is 317 g/mol. The first-order valence-electron chi connectivity index (χ1n) is 5.17. The number of aryl methyl sites for hydroxylation is 1. The first-order valence-corrected chi connectivity index (χ1v) is 6.96. The van der Waals surface area contributed by atoms with Crippen molar-refractivity contribution in [3.8, 4) is 5.69 Å². The van der Waals surface area contributed by atoms with Gasteiger partial charge in [0.25, 0.3) is 5.69 Å². The van der Waals surface area contributed by atoms with E-state index in [-0.39, 0.29) is 16.5 Å². The molecule has 2 aromatic rings. The fraction of sp³-hybridized carbons (Fsp3) is 0.100. The van der Waals surface area contributed by atoms with E-state index in [1.807, 2.05) is 0 Å². The molecule has 0 aliphatic carbocycles. The number of nitro benzene ring substituents is 1. The van der Waals surface area contributed by atoms with Gasteiger partial charge in [-0.05, 0) is 19.1 Å². The minimum atomic E-state index is -4.75. The molecule has 8 nitrogen and oxygen atoms in total. The quantitative estimate of drug-likeness (QED) is 0.482. The molecule has 0 amide bonds. The summed E-state index contributed by atoms with van der Waals surface area (Å²) in [4.78, 5) is 9.37. The lowest BCUT2D eigenvalue weighted by atomic mass is 10.3. The lowest BCUT2D eigenvalue weighted by Crippen LogP contribution is -2.01. The molecular weight excluding hydrogens is 310 g/mol. The van der Waals surface area contributed by atoms with Crippen molar-refractivity contribution in [3.05, 3.63) is 45.2 Å². The number of hydrogen-bond donors (Lipinski definition) is 0. The second kappa shape index (κ2) is 4.85. The molecule has 0 spiro atoms. The van der Waals surface area contributed by atoms with Crippen LogP contribution in [0.4, 0.5) is 5.69 Å². The van der Waals surface area contributed by atoms with Crippen molar-refractivity contribution in [1.82, 2.24) is 9.78 Å². The number of nitrogens with zero attached hydrogens (tertiary/aromatic N) is 3. The SMILES string of the molecule is Cc1nn(-c2ccc([N+](=O)[O-])cc2)c(Cl)c1S(=O)(=O)[O-]. The Morgan fingerprint density at radius 2 is 1.85 bits per heavy atom. The molecule has 0 bridgehead atoms. The zero-order valence-electron chi connectivity index (χ0n) is 9.98. The van der Waals surface area contributed by atoms with Crippen molar-refractivity contribution < 1.29 is 17.9 Å². The van der Waals surface area contributed by atoms with Crippen molar-refractivity contribution >= 4 is 27.4 Å². The van der Waals surface area contributed by atoms with Gasteiger partial charge in [0.1, 0.15) is 15.0 Å². The first kappa shape index (κ1) is 14.4. The van der Waals surface area contributed by atoms with Gasteiger partial charge in [-0.25, -0.2) is 13.1 Å². The normalized spacial score (nSPS) is 11.6. The van der Waals surface area contributed by atoms with Gasteiger partial charge in [-0.15, -0.1) is 0 Å². The summed E-state index contributed by atoms with van der Waals surface area (Å²) in [5, 5.41) is 14.0. The van der Waals surface area contributed by atoms with E-state index >= 15 is 0 Å². The third-order valence-corrected chi connectivity index (χ3v) is 3.96. The average Bonchev–Trinajstić information content (AvgIpc) is 2.64. The molecule has 0 N–H and O–H groups in total. The smallest absolute Gasteiger partial charge is 0.269 e. The van der Waals surface area contributed by atoms with E-state index in [9.17, 15) is 23.1 Å². The van der Waals surface area contributed by atoms with Gasteiger partial charge < -0.3 is 4.55 Å². The van der Waals surface area contributed by atoms with E-state index in [1.54, 1.807) is 0 Å². The summed E-state index contributed by atoms with van der Waals surface area (Å²) >= 11 is 5.84. The molecule has 20 heavy (non-hydrogen) atoms. The fourth-order valence-corrected chi connectivity index (χ4v) is 2.91. The summed E-state index contributed by atoms with van der Waals surface area (Å²) in [5.74, 6) is 0. The number of nitro groups is 1. The first-order chi connectivity index (χ1) is 9.21. The topological polar surface area (TPSA) is 118 Å². The van der Waals surface area contributed by atoms with E-state index < -0.39 is 19.9 Å². The van der Waals surface area contributed by atoms with Crippen molar-refractivity contribution in [3.63, 3.8) is 0 Å². The minimum Gasteiger partial charge on any atom is -0.744 e. The molecule has 1 aromatic heterocycles. The van der Waals surface area contributed by atoms with Gasteiger partial charge in [-0.1, -0.05) is 11.6 Å². The zero-order valence-corrected chi connectivity index (χ0v) is 11.6. The van der Waals surface area contributed by atoms with E-state index in [0.29, 0.717) is 5.69 Å². The van der Waals surface area contributed by atoms with Crippen molar-refractivity contribution in [2.75, 3.05) is 0 Å². The molecule has 0 unspecified atom stereocenters. The second-order valence-electron chi connectivity index (χ2n) is 3.84. The lowest BCUT2D eigenvalue weighted by molar-refractivity contribution is -0.384. The summed E-state index contributed by atoms with van der Waals surface area (Å²) in [7, 11) is -4.75. The van der Waals surface area contributed by atoms with Gasteiger partial charge in [0.05, 0.1) is 16.3 Å². The van der Waals surface area contributed by atoms with Crippen LogP contribution in [0.3, 0.4) is 0 Å². The van der Waals surface area contributed by atoms with Crippen LogP contribution < -0.4 is 0 Å². The predicted molar refractivity (Wildman–Crippen MR) is 67.9 cm³/mol. The molecular formula is C10H7ClN3O5S-. The molecule has 0 fully saturated rings. The van der Waals surface area contributed by atoms with Crippen LogP contribution in [0.1, 0.15) is 5.69 Å². The van der Waals surface area contributed by atoms with Crippen LogP contribution in [-0.4, -0.2) is 27.7 Å². The largest absolute Gasteiger partial charge is 0.744 e. The maximum atomic E-state index is 11.1. The summed E-state index contributed by atoms with van der Waals surface area (Å²) in [5.41, 5.74) is 0.132. The molecule has 0 aliphatic rings. The Kier molecular flexibility index (Phi) is 3.50. The predicted octanol–water partition coefficient (Wildman–Crippen LogP) is 1.65. The molecule has 0 saturated heterocycles. The summed E-state index contributed by atoms with van der Waals surface area (Å²) < 4.78 is 34.3. The summed E-state index contributed by atoms with van der Waals surface area (Å²) in [6, 6.07) is 5.12. The van der Waals surface area contributed by atoms with Gasteiger partial charge in [0.15, 0.2) is 5.15 Å². The number of halogens is 1. The molecule has 0 radical (unpaired) electrons. The van der Waals surface area contributed by atoms with Gasteiger partial charge >= 0.3 is 0 Å². The maximum Gasteiger partial charge on any atom is 0.269 e. The van der Waals surface area contributed by atoms with Crippen LogP contribution >= 0.6 is 11.6 Å². The molecule has 10 heteroatoms. The summed E-state index contributed by atoms with van der Waals surface area (Å²) in [6.45, 7) is 1.33. The van der Waals surface area contributed by atoms with Crippen LogP contribution in [0.25, 0.3) is 5.69 Å². The lowest BCUT2D eigenvalue weighted by Gasteiger charge is -2.06. The van der Waals surface area contributed by atoms with Crippen molar-refractivity contribution in [2.24, 2.45) is 0 Å². The summed E-state index contributed by atoms with van der Waals surface area (Å²) in [6.07, 6.45) is 0. The Labute approximate surface area is 118 Å². The Morgan fingerprint density at radius 3 is 2.25 bits per heavy atom. The maximum absolute atomic E-state index is 11.1. The molecule has 106 valence electrons.